The van der Waals surface area contributed by atoms with E-state index in [0.29, 0.717) is 16.0 Å². The van der Waals surface area contributed by atoms with Crippen LogP contribution in [-0.4, -0.2) is 27.5 Å². The number of rotatable bonds is 6. The SMILES string of the molecule is COc1ccc(NC(=O)Cn2cnc3sc(C)c(-c4ccccc4)c3c2=O)c([N+](=O)[O-])c1. The number of nitro groups is 1. The van der Waals surface area contributed by atoms with Crippen LogP contribution in [0.25, 0.3) is 21.3 Å². The second-order valence-corrected chi connectivity index (χ2v) is 8.15. The summed E-state index contributed by atoms with van der Waals surface area (Å²) in [7, 11) is 1.39. The van der Waals surface area contributed by atoms with Crippen molar-refractivity contribution >= 4 is 38.8 Å². The van der Waals surface area contributed by atoms with E-state index in [0.717, 1.165) is 16.0 Å². The molecule has 2 heterocycles. The number of carbonyl (C=O) groups is 1. The fourth-order valence-electron chi connectivity index (χ4n) is 3.44. The van der Waals surface area contributed by atoms with E-state index < -0.39 is 10.8 Å². The molecule has 10 heteroatoms. The Bertz CT molecular complexity index is 1390. The molecule has 0 radical (unpaired) electrons. The minimum absolute atomic E-state index is 0.0132. The Hall–Kier alpha value is -4.05. The highest BCUT2D eigenvalue weighted by molar-refractivity contribution is 7.19. The van der Waals surface area contributed by atoms with Gasteiger partial charge in [0.25, 0.3) is 11.2 Å². The summed E-state index contributed by atoms with van der Waals surface area (Å²) < 4.78 is 6.20. The standard InChI is InChI=1S/C22H18N4O5S/c1-13-19(14-6-4-3-5-7-14)20-21(32-13)23-12-25(22(20)28)11-18(27)24-16-9-8-15(31-2)10-17(16)26(29)30/h3-10,12H,11H2,1-2H3,(H,24,27). The maximum absolute atomic E-state index is 13.2. The van der Waals surface area contributed by atoms with Gasteiger partial charge < -0.3 is 10.1 Å². The Kier molecular flexibility index (Phi) is 5.69. The summed E-state index contributed by atoms with van der Waals surface area (Å²) in [5.74, 6) is -0.295. The van der Waals surface area contributed by atoms with E-state index in [-0.39, 0.29) is 23.5 Å². The average Bonchev–Trinajstić information content (AvgIpc) is 3.13. The van der Waals surface area contributed by atoms with Crippen LogP contribution in [0.1, 0.15) is 4.88 Å². The Labute approximate surface area is 186 Å². The average molecular weight is 450 g/mol. The molecule has 0 unspecified atom stereocenters. The maximum Gasteiger partial charge on any atom is 0.296 e. The number of aromatic nitrogens is 2. The first-order chi connectivity index (χ1) is 15.4. The Balaban J connectivity index is 1.67. The second-order valence-electron chi connectivity index (χ2n) is 6.95. The van der Waals surface area contributed by atoms with Crippen molar-refractivity contribution < 1.29 is 14.5 Å². The van der Waals surface area contributed by atoms with Crippen molar-refractivity contribution in [1.82, 2.24) is 9.55 Å². The topological polar surface area (TPSA) is 116 Å². The second kappa shape index (κ2) is 8.60. The molecule has 0 aliphatic rings. The lowest BCUT2D eigenvalue weighted by Gasteiger charge is -2.09. The van der Waals surface area contributed by atoms with Gasteiger partial charge >= 0.3 is 0 Å². The van der Waals surface area contributed by atoms with Gasteiger partial charge in [-0.2, -0.15) is 0 Å². The minimum Gasteiger partial charge on any atom is -0.496 e. The maximum atomic E-state index is 13.2. The first-order valence-corrected chi connectivity index (χ1v) is 10.4. The highest BCUT2D eigenvalue weighted by Gasteiger charge is 2.20. The number of nitrogens with one attached hydrogen (secondary N) is 1. The lowest BCUT2D eigenvalue weighted by Crippen LogP contribution is -2.28. The molecule has 0 fully saturated rings. The number of benzene rings is 2. The zero-order valence-electron chi connectivity index (χ0n) is 17.2. The third-order valence-electron chi connectivity index (χ3n) is 4.91. The molecule has 162 valence electrons. The minimum atomic E-state index is -0.613. The third kappa shape index (κ3) is 3.95. The molecule has 32 heavy (non-hydrogen) atoms. The highest BCUT2D eigenvalue weighted by Crippen LogP contribution is 2.35. The van der Waals surface area contributed by atoms with Crippen LogP contribution in [0.3, 0.4) is 0 Å². The molecule has 4 rings (SSSR count). The first kappa shape index (κ1) is 21.2. The van der Waals surface area contributed by atoms with Crippen LogP contribution in [0.2, 0.25) is 0 Å². The normalized spacial score (nSPS) is 10.8. The quantitative estimate of drug-likeness (QED) is 0.351. The fraction of sp³-hybridized carbons (Fsp3) is 0.136. The van der Waals surface area contributed by atoms with Gasteiger partial charge in [0.15, 0.2) is 0 Å². The van der Waals surface area contributed by atoms with Gasteiger partial charge in [0.05, 0.1) is 29.8 Å². The van der Waals surface area contributed by atoms with Crippen molar-refractivity contribution in [1.29, 1.82) is 0 Å². The van der Waals surface area contributed by atoms with Crippen molar-refractivity contribution in [3.8, 4) is 16.9 Å². The molecule has 1 amide bonds. The van der Waals surface area contributed by atoms with Gasteiger partial charge in [0, 0.05) is 10.4 Å². The molecule has 0 saturated carbocycles. The number of methoxy groups -OCH3 is 1. The van der Waals surface area contributed by atoms with E-state index >= 15 is 0 Å². The molecular weight excluding hydrogens is 432 g/mol. The summed E-state index contributed by atoms with van der Waals surface area (Å²) in [6.07, 6.45) is 1.32. The van der Waals surface area contributed by atoms with Crippen molar-refractivity contribution in [3.63, 3.8) is 0 Å². The molecule has 0 atom stereocenters. The van der Waals surface area contributed by atoms with Crippen LogP contribution in [-0.2, 0) is 11.3 Å². The highest BCUT2D eigenvalue weighted by atomic mass is 32.1. The number of nitrogens with zero attached hydrogens (tertiary/aromatic N) is 3. The smallest absolute Gasteiger partial charge is 0.296 e. The summed E-state index contributed by atoms with van der Waals surface area (Å²) >= 11 is 1.41. The van der Waals surface area contributed by atoms with Crippen LogP contribution >= 0.6 is 11.3 Å². The Morgan fingerprint density at radius 2 is 2.00 bits per heavy atom. The van der Waals surface area contributed by atoms with Gasteiger partial charge in [-0.1, -0.05) is 30.3 Å². The van der Waals surface area contributed by atoms with E-state index in [1.54, 1.807) is 0 Å². The molecule has 2 aromatic heterocycles. The number of aryl methyl sites for hydroxylation is 1. The van der Waals surface area contributed by atoms with Crippen molar-refractivity contribution in [2.75, 3.05) is 12.4 Å². The van der Waals surface area contributed by atoms with Crippen LogP contribution in [0.5, 0.6) is 5.75 Å². The lowest BCUT2D eigenvalue weighted by molar-refractivity contribution is -0.384. The molecule has 1 N–H and O–H groups in total. The van der Waals surface area contributed by atoms with Crippen molar-refractivity contribution in [2.45, 2.75) is 13.5 Å². The van der Waals surface area contributed by atoms with E-state index in [4.69, 9.17) is 4.74 Å². The molecule has 0 bridgehead atoms. The van der Waals surface area contributed by atoms with Gasteiger partial charge in [0.1, 0.15) is 22.8 Å². The van der Waals surface area contributed by atoms with Crippen molar-refractivity contribution in [2.24, 2.45) is 0 Å². The zero-order chi connectivity index (χ0) is 22.8. The van der Waals surface area contributed by atoms with E-state index in [2.05, 4.69) is 10.3 Å². The Morgan fingerprint density at radius 3 is 2.69 bits per heavy atom. The summed E-state index contributed by atoms with van der Waals surface area (Å²) in [5.41, 5.74) is 1.05. The van der Waals surface area contributed by atoms with E-state index in [9.17, 15) is 19.7 Å². The number of anilines is 1. The lowest BCUT2D eigenvalue weighted by atomic mass is 10.0. The van der Waals surface area contributed by atoms with Crippen LogP contribution in [0.15, 0.2) is 59.7 Å². The van der Waals surface area contributed by atoms with Crippen LogP contribution in [0, 0.1) is 17.0 Å². The van der Waals surface area contributed by atoms with Crippen LogP contribution in [0.4, 0.5) is 11.4 Å². The molecule has 0 spiro atoms. The van der Waals surface area contributed by atoms with Gasteiger partial charge in [-0.05, 0) is 24.6 Å². The molecule has 4 aromatic rings. The van der Waals surface area contributed by atoms with Crippen molar-refractivity contribution in [3.05, 3.63) is 80.2 Å². The van der Waals surface area contributed by atoms with Crippen LogP contribution < -0.4 is 15.6 Å². The summed E-state index contributed by atoms with van der Waals surface area (Å²) in [5, 5.41) is 14.3. The molecule has 0 aliphatic carbocycles. The summed E-state index contributed by atoms with van der Waals surface area (Å²) in [6.45, 7) is 1.59. The molecule has 2 aromatic carbocycles. The number of fused-ring (bicyclic) bond motifs is 1. The van der Waals surface area contributed by atoms with Gasteiger partial charge in [-0.3, -0.25) is 24.3 Å². The number of hydrogen-bond donors (Lipinski definition) is 1. The molecular formula is C22H18N4O5S. The number of ether oxygens (including phenoxy) is 1. The number of carbonyl (C=O) groups excluding carboxylic acids is 1. The molecule has 9 nitrogen and oxygen atoms in total. The number of amides is 1. The predicted octanol–water partition coefficient (Wildman–Crippen LogP) is 3.99. The fourth-order valence-corrected chi connectivity index (χ4v) is 4.45. The third-order valence-corrected chi connectivity index (χ3v) is 5.92. The Morgan fingerprint density at radius 1 is 1.25 bits per heavy atom. The molecule has 0 aliphatic heterocycles. The summed E-state index contributed by atoms with van der Waals surface area (Å²) in [6, 6.07) is 13.6. The monoisotopic (exact) mass is 450 g/mol. The van der Waals surface area contributed by atoms with E-state index in [1.807, 2.05) is 37.3 Å². The van der Waals surface area contributed by atoms with Gasteiger partial charge in [-0.25, -0.2) is 4.98 Å². The number of thiophene rings is 1. The predicted molar refractivity (Wildman–Crippen MR) is 122 cm³/mol. The number of nitro benzene ring substituents is 1. The number of hydrogen-bond acceptors (Lipinski definition) is 7. The van der Waals surface area contributed by atoms with E-state index in [1.165, 1.54) is 47.5 Å². The molecule has 0 saturated heterocycles. The zero-order valence-corrected chi connectivity index (χ0v) is 18.0. The largest absolute Gasteiger partial charge is 0.496 e. The summed E-state index contributed by atoms with van der Waals surface area (Å²) in [4.78, 5) is 42.4. The first-order valence-electron chi connectivity index (χ1n) is 9.55. The van der Waals surface area contributed by atoms with Gasteiger partial charge in [-0.15, -0.1) is 11.3 Å². The van der Waals surface area contributed by atoms with Gasteiger partial charge in [0.2, 0.25) is 5.91 Å².